The predicted octanol–water partition coefficient (Wildman–Crippen LogP) is 4.49. The molecule has 3 nitrogen and oxygen atoms in total. The van der Waals surface area contributed by atoms with Crippen LogP contribution in [0.5, 0.6) is 0 Å². The summed E-state index contributed by atoms with van der Waals surface area (Å²) < 4.78 is 2.16. The first-order chi connectivity index (χ1) is 12.3. The number of aryl methyl sites for hydroxylation is 1. The second-order valence-corrected chi connectivity index (χ2v) is 6.40. The van der Waals surface area contributed by atoms with E-state index in [-0.39, 0.29) is 5.56 Å². The van der Waals surface area contributed by atoms with E-state index in [1.54, 1.807) is 0 Å². The Morgan fingerprint density at radius 3 is 2.56 bits per heavy atom. The second-order valence-electron chi connectivity index (χ2n) is 6.40. The van der Waals surface area contributed by atoms with Gasteiger partial charge < -0.3 is 4.57 Å². The van der Waals surface area contributed by atoms with Gasteiger partial charge in [-0.15, -0.1) is 0 Å². The third-order valence-electron chi connectivity index (χ3n) is 4.93. The molecule has 1 aromatic heterocycles. The molecule has 0 atom stereocenters. The van der Waals surface area contributed by atoms with Crippen molar-refractivity contribution in [3.63, 3.8) is 0 Å². The number of allylic oxidation sites excluding steroid dienone is 1. The Kier molecular flexibility index (Phi) is 3.07. The van der Waals surface area contributed by atoms with E-state index in [2.05, 4.69) is 58.1 Å². The monoisotopic (exact) mass is 324 g/mol. The molecule has 120 valence electrons. The molecule has 4 aromatic rings. The standard InChI is InChI=1S/C22H16N2O/c25-22-19-10-3-4-11-20(19)24-13-12-17(21(24)23-22)14-16-8-5-7-15-6-1-2-9-18(15)16/h1-11,14H,12-13H2/b17-14-. The second kappa shape index (κ2) is 5.42. The normalized spacial score (nSPS) is 15.1. The van der Waals surface area contributed by atoms with Gasteiger partial charge in [-0.1, -0.05) is 54.6 Å². The highest BCUT2D eigenvalue weighted by atomic mass is 16.1. The Bertz CT molecular complexity index is 1210. The molecule has 0 saturated heterocycles. The Hall–Kier alpha value is -3.20. The molecule has 0 aliphatic carbocycles. The summed E-state index contributed by atoms with van der Waals surface area (Å²) in [4.78, 5) is 16.8. The lowest BCUT2D eigenvalue weighted by Crippen LogP contribution is -2.14. The zero-order valence-electron chi connectivity index (χ0n) is 13.6. The number of fused-ring (bicyclic) bond motifs is 4. The molecule has 0 amide bonds. The minimum atomic E-state index is -0.146. The smallest absolute Gasteiger partial charge is 0.281 e. The van der Waals surface area contributed by atoms with Crippen LogP contribution in [0.3, 0.4) is 0 Å². The van der Waals surface area contributed by atoms with Crippen molar-refractivity contribution >= 4 is 33.3 Å². The molecule has 1 aliphatic heterocycles. The fourth-order valence-electron chi connectivity index (χ4n) is 3.74. The van der Waals surface area contributed by atoms with Crippen molar-refractivity contribution in [2.45, 2.75) is 13.0 Å². The van der Waals surface area contributed by atoms with Crippen molar-refractivity contribution in [3.05, 3.63) is 88.5 Å². The summed E-state index contributed by atoms with van der Waals surface area (Å²) in [5, 5.41) is 3.13. The number of nitrogens with zero attached hydrogens (tertiary/aromatic N) is 2. The topological polar surface area (TPSA) is 34.9 Å². The molecule has 0 fully saturated rings. The average molecular weight is 324 g/mol. The predicted molar refractivity (Wildman–Crippen MR) is 102 cm³/mol. The molecule has 1 aliphatic rings. The van der Waals surface area contributed by atoms with Crippen LogP contribution in [0.15, 0.2) is 71.5 Å². The largest absolute Gasteiger partial charge is 0.325 e. The highest BCUT2D eigenvalue weighted by molar-refractivity contribution is 5.95. The molecule has 3 heteroatoms. The Balaban J connectivity index is 1.74. The molecule has 3 aromatic carbocycles. The summed E-state index contributed by atoms with van der Waals surface area (Å²) in [6, 6.07) is 22.4. The van der Waals surface area contributed by atoms with Crippen LogP contribution in [0.4, 0.5) is 0 Å². The quantitative estimate of drug-likeness (QED) is 0.517. The Morgan fingerprint density at radius 1 is 0.880 bits per heavy atom. The third kappa shape index (κ3) is 2.20. The lowest BCUT2D eigenvalue weighted by molar-refractivity contribution is 0.772. The highest BCUT2D eigenvalue weighted by Gasteiger charge is 2.20. The minimum Gasteiger partial charge on any atom is -0.325 e. The van der Waals surface area contributed by atoms with Crippen LogP contribution in [0.1, 0.15) is 17.8 Å². The Morgan fingerprint density at radius 2 is 1.64 bits per heavy atom. The number of aromatic nitrogens is 2. The van der Waals surface area contributed by atoms with E-state index in [4.69, 9.17) is 0 Å². The Labute approximate surface area is 144 Å². The molecule has 25 heavy (non-hydrogen) atoms. The van der Waals surface area contributed by atoms with E-state index in [0.29, 0.717) is 5.39 Å². The first kappa shape index (κ1) is 14.2. The zero-order chi connectivity index (χ0) is 16.8. The SMILES string of the molecule is O=c1nc2n(c3ccccc13)CC/C2=C/c1cccc2ccccc12. The van der Waals surface area contributed by atoms with E-state index in [1.807, 2.05) is 24.3 Å². The average Bonchev–Trinajstić information content (AvgIpc) is 3.05. The molecule has 0 unspecified atom stereocenters. The van der Waals surface area contributed by atoms with Crippen molar-refractivity contribution in [1.29, 1.82) is 0 Å². The summed E-state index contributed by atoms with van der Waals surface area (Å²) in [5.74, 6) is 0.802. The summed E-state index contributed by atoms with van der Waals surface area (Å²) >= 11 is 0. The minimum absolute atomic E-state index is 0.146. The molecule has 0 saturated carbocycles. The van der Waals surface area contributed by atoms with Gasteiger partial charge in [0.2, 0.25) is 0 Å². The highest BCUT2D eigenvalue weighted by Crippen LogP contribution is 2.31. The number of benzene rings is 3. The van der Waals surface area contributed by atoms with Crippen LogP contribution in [-0.4, -0.2) is 9.55 Å². The maximum Gasteiger partial charge on any atom is 0.281 e. The first-order valence-corrected chi connectivity index (χ1v) is 8.49. The molecule has 0 bridgehead atoms. The van der Waals surface area contributed by atoms with E-state index < -0.39 is 0 Å². The fraction of sp³-hybridized carbons (Fsp3) is 0.0909. The van der Waals surface area contributed by atoms with Crippen LogP contribution in [-0.2, 0) is 6.54 Å². The van der Waals surface area contributed by atoms with Gasteiger partial charge in [-0.3, -0.25) is 4.79 Å². The lowest BCUT2D eigenvalue weighted by Gasteiger charge is -2.08. The maximum absolute atomic E-state index is 12.4. The van der Waals surface area contributed by atoms with E-state index >= 15 is 0 Å². The van der Waals surface area contributed by atoms with E-state index in [1.165, 1.54) is 16.3 Å². The molecule has 0 N–H and O–H groups in total. The summed E-state index contributed by atoms with van der Waals surface area (Å²) in [5.41, 5.74) is 3.12. The van der Waals surface area contributed by atoms with Crippen molar-refractivity contribution in [2.24, 2.45) is 0 Å². The summed E-state index contributed by atoms with van der Waals surface area (Å²) in [6.07, 6.45) is 3.08. The van der Waals surface area contributed by atoms with Gasteiger partial charge in [0, 0.05) is 6.54 Å². The summed E-state index contributed by atoms with van der Waals surface area (Å²) in [6.45, 7) is 0.861. The lowest BCUT2D eigenvalue weighted by atomic mass is 10.0. The molecule has 2 heterocycles. The van der Waals surface area contributed by atoms with Gasteiger partial charge >= 0.3 is 0 Å². The molecule has 0 radical (unpaired) electrons. The number of para-hydroxylation sites is 1. The van der Waals surface area contributed by atoms with Crippen molar-refractivity contribution < 1.29 is 0 Å². The van der Waals surface area contributed by atoms with Gasteiger partial charge in [-0.05, 0) is 46.5 Å². The zero-order valence-corrected chi connectivity index (χ0v) is 13.6. The maximum atomic E-state index is 12.4. The molecular formula is C22H16N2O. The number of rotatable bonds is 1. The summed E-state index contributed by atoms with van der Waals surface area (Å²) in [7, 11) is 0. The van der Waals surface area contributed by atoms with Gasteiger partial charge in [0.05, 0.1) is 10.9 Å². The van der Waals surface area contributed by atoms with Crippen LogP contribution in [0, 0.1) is 0 Å². The van der Waals surface area contributed by atoms with Gasteiger partial charge in [-0.25, -0.2) is 0 Å². The van der Waals surface area contributed by atoms with Gasteiger partial charge in [0.1, 0.15) is 5.82 Å². The number of hydrogen-bond acceptors (Lipinski definition) is 2. The van der Waals surface area contributed by atoms with Crippen LogP contribution < -0.4 is 5.56 Å². The molecular weight excluding hydrogens is 308 g/mol. The van der Waals surface area contributed by atoms with Gasteiger partial charge in [0.25, 0.3) is 5.56 Å². The van der Waals surface area contributed by atoms with Gasteiger partial charge in [-0.2, -0.15) is 4.98 Å². The van der Waals surface area contributed by atoms with Crippen molar-refractivity contribution in [2.75, 3.05) is 0 Å². The van der Waals surface area contributed by atoms with Gasteiger partial charge in [0.15, 0.2) is 0 Å². The first-order valence-electron chi connectivity index (χ1n) is 8.49. The van der Waals surface area contributed by atoms with Crippen molar-refractivity contribution in [3.8, 4) is 0 Å². The van der Waals surface area contributed by atoms with Crippen LogP contribution in [0.25, 0.3) is 33.3 Å². The fourth-order valence-corrected chi connectivity index (χ4v) is 3.74. The van der Waals surface area contributed by atoms with E-state index in [0.717, 1.165) is 29.9 Å². The van der Waals surface area contributed by atoms with Crippen molar-refractivity contribution in [1.82, 2.24) is 9.55 Å². The van der Waals surface area contributed by atoms with E-state index in [9.17, 15) is 4.79 Å². The van der Waals surface area contributed by atoms with Crippen LogP contribution >= 0.6 is 0 Å². The molecule has 5 rings (SSSR count). The molecule has 0 spiro atoms. The third-order valence-corrected chi connectivity index (χ3v) is 4.93. The van der Waals surface area contributed by atoms with Crippen LogP contribution in [0.2, 0.25) is 0 Å². The number of hydrogen-bond donors (Lipinski definition) is 0.